The summed E-state index contributed by atoms with van der Waals surface area (Å²) in [5, 5.41) is 8.76. The molecule has 2 aromatic rings. The highest BCUT2D eigenvalue weighted by atomic mass is 16.3. The Kier molecular flexibility index (Phi) is 2.74. The van der Waals surface area contributed by atoms with Crippen molar-refractivity contribution < 1.29 is 9.52 Å². The van der Waals surface area contributed by atoms with Crippen LogP contribution in [0.3, 0.4) is 0 Å². The number of aliphatic hydroxyl groups excluding tert-OH is 1. The van der Waals surface area contributed by atoms with Crippen LogP contribution in [-0.4, -0.2) is 11.7 Å². The predicted octanol–water partition coefficient (Wildman–Crippen LogP) is 2.06. The van der Waals surface area contributed by atoms with Gasteiger partial charge in [0.2, 0.25) is 0 Å². The van der Waals surface area contributed by atoms with Gasteiger partial charge in [0.25, 0.3) is 0 Å². The minimum Gasteiger partial charge on any atom is -0.469 e. The smallest absolute Gasteiger partial charge is 0.106 e. The third-order valence-corrected chi connectivity index (χ3v) is 2.23. The standard InChI is InChI=1S/C12H13NO2/c13-11-3-1-2-9(6-11)10-7-12(4-5-14)15-8-10/h1-3,6-8,14H,4-5,13H2. The van der Waals surface area contributed by atoms with E-state index in [-0.39, 0.29) is 6.61 Å². The number of nitrogens with two attached hydrogens (primary N) is 1. The molecule has 3 N–H and O–H groups in total. The zero-order valence-electron chi connectivity index (χ0n) is 8.31. The Morgan fingerprint density at radius 2 is 2.07 bits per heavy atom. The van der Waals surface area contributed by atoms with E-state index in [0.717, 1.165) is 22.6 Å². The molecule has 1 aromatic heterocycles. The summed E-state index contributed by atoms with van der Waals surface area (Å²) in [6.07, 6.45) is 2.22. The fourth-order valence-corrected chi connectivity index (χ4v) is 1.49. The van der Waals surface area contributed by atoms with Crippen molar-refractivity contribution in [2.45, 2.75) is 6.42 Å². The summed E-state index contributed by atoms with van der Waals surface area (Å²) < 4.78 is 5.30. The number of anilines is 1. The van der Waals surface area contributed by atoms with Crippen molar-refractivity contribution in [3.63, 3.8) is 0 Å². The third kappa shape index (κ3) is 2.19. The van der Waals surface area contributed by atoms with Crippen molar-refractivity contribution in [1.29, 1.82) is 0 Å². The maximum Gasteiger partial charge on any atom is 0.106 e. The molecule has 3 nitrogen and oxygen atoms in total. The number of hydrogen-bond acceptors (Lipinski definition) is 3. The molecule has 0 saturated carbocycles. The Hall–Kier alpha value is -1.74. The van der Waals surface area contributed by atoms with Crippen LogP contribution in [-0.2, 0) is 6.42 Å². The highest BCUT2D eigenvalue weighted by Gasteiger charge is 2.03. The average Bonchev–Trinajstić information content (AvgIpc) is 2.67. The molecule has 3 heteroatoms. The fourth-order valence-electron chi connectivity index (χ4n) is 1.49. The minimum absolute atomic E-state index is 0.101. The van der Waals surface area contributed by atoms with Gasteiger partial charge in [0, 0.05) is 17.7 Å². The van der Waals surface area contributed by atoms with Crippen molar-refractivity contribution in [2.75, 3.05) is 12.3 Å². The lowest BCUT2D eigenvalue weighted by molar-refractivity contribution is 0.288. The molecule has 0 bridgehead atoms. The van der Waals surface area contributed by atoms with Gasteiger partial charge in [-0.25, -0.2) is 0 Å². The van der Waals surface area contributed by atoms with E-state index in [1.807, 2.05) is 30.3 Å². The molecule has 0 saturated heterocycles. The summed E-state index contributed by atoms with van der Waals surface area (Å²) in [4.78, 5) is 0. The monoisotopic (exact) mass is 203 g/mol. The van der Waals surface area contributed by atoms with E-state index < -0.39 is 0 Å². The second kappa shape index (κ2) is 4.19. The van der Waals surface area contributed by atoms with Crippen LogP contribution < -0.4 is 5.73 Å². The Morgan fingerprint density at radius 1 is 1.20 bits per heavy atom. The lowest BCUT2D eigenvalue weighted by Crippen LogP contribution is -1.86. The van der Waals surface area contributed by atoms with E-state index >= 15 is 0 Å². The highest BCUT2D eigenvalue weighted by molar-refractivity contribution is 5.66. The molecule has 1 heterocycles. The molecule has 0 aliphatic carbocycles. The largest absolute Gasteiger partial charge is 0.469 e. The highest BCUT2D eigenvalue weighted by Crippen LogP contribution is 2.23. The number of aliphatic hydroxyl groups is 1. The van der Waals surface area contributed by atoms with E-state index in [1.165, 1.54) is 0 Å². The molecule has 78 valence electrons. The van der Waals surface area contributed by atoms with Gasteiger partial charge in [0.05, 0.1) is 12.9 Å². The molecular formula is C12H13NO2. The van der Waals surface area contributed by atoms with Crippen LogP contribution in [0.1, 0.15) is 5.76 Å². The Bertz CT molecular complexity index is 448. The molecule has 0 amide bonds. The molecular weight excluding hydrogens is 190 g/mol. The van der Waals surface area contributed by atoms with Crippen LogP contribution >= 0.6 is 0 Å². The van der Waals surface area contributed by atoms with Crippen molar-refractivity contribution in [1.82, 2.24) is 0 Å². The topological polar surface area (TPSA) is 59.4 Å². The first-order valence-corrected chi connectivity index (χ1v) is 4.84. The van der Waals surface area contributed by atoms with E-state index in [2.05, 4.69) is 0 Å². The van der Waals surface area contributed by atoms with E-state index in [1.54, 1.807) is 6.26 Å². The molecule has 0 spiro atoms. The number of rotatable bonds is 3. The molecule has 15 heavy (non-hydrogen) atoms. The Balaban J connectivity index is 2.29. The Labute approximate surface area is 88.1 Å². The average molecular weight is 203 g/mol. The van der Waals surface area contributed by atoms with Gasteiger partial charge in [0.15, 0.2) is 0 Å². The summed E-state index contributed by atoms with van der Waals surface area (Å²) in [6, 6.07) is 9.55. The van der Waals surface area contributed by atoms with Crippen molar-refractivity contribution >= 4 is 5.69 Å². The summed E-state index contributed by atoms with van der Waals surface area (Å²) >= 11 is 0. The van der Waals surface area contributed by atoms with Gasteiger partial charge < -0.3 is 15.3 Å². The first kappa shape index (κ1) is 9.80. The van der Waals surface area contributed by atoms with Gasteiger partial charge in [-0.3, -0.25) is 0 Å². The van der Waals surface area contributed by atoms with Crippen LogP contribution in [0.4, 0.5) is 5.69 Å². The second-order valence-electron chi connectivity index (χ2n) is 3.40. The zero-order valence-corrected chi connectivity index (χ0v) is 8.31. The van der Waals surface area contributed by atoms with Gasteiger partial charge in [-0.15, -0.1) is 0 Å². The van der Waals surface area contributed by atoms with Gasteiger partial charge in [-0.05, 0) is 23.8 Å². The van der Waals surface area contributed by atoms with Crippen molar-refractivity contribution in [3.8, 4) is 11.1 Å². The van der Waals surface area contributed by atoms with Crippen LogP contribution in [0, 0.1) is 0 Å². The second-order valence-corrected chi connectivity index (χ2v) is 3.40. The third-order valence-electron chi connectivity index (χ3n) is 2.23. The van der Waals surface area contributed by atoms with Gasteiger partial charge in [-0.1, -0.05) is 12.1 Å². The summed E-state index contributed by atoms with van der Waals surface area (Å²) in [6.45, 7) is 0.101. The van der Waals surface area contributed by atoms with E-state index in [0.29, 0.717) is 6.42 Å². The zero-order chi connectivity index (χ0) is 10.7. The molecule has 2 rings (SSSR count). The van der Waals surface area contributed by atoms with Gasteiger partial charge in [0.1, 0.15) is 5.76 Å². The fraction of sp³-hybridized carbons (Fsp3) is 0.167. The molecule has 0 fully saturated rings. The SMILES string of the molecule is Nc1cccc(-c2coc(CCO)c2)c1. The van der Waals surface area contributed by atoms with Crippen LogP contribution in [0.25, 0.3) is 11.1 Å². The number of benzene rings is 1. The molecule has 0 unspecified atom stereocenters. The first-order chi connectivity index (χ1) is 7.29. The minimum atomic E-state index is 0.101. The van der Waals surface area contributed by atoms with E-state index in [4.69, 9.17) is 15.3 Å². The summed E-state index contributed by atoms with van der Waals surface area (Å²) in [7, 11) is 0. The first-order valence-electron chi connectivity index (χ1n) is 4.84. The number of nitrogen functional groups attached to an aromatic ring is 1. The maximum absolute atomic E-state index is 8.76. The van der Waals surface area contributed by atoms with E-state index in [9.17, 15) is 0 Å². The molecule has 0 atom stereocenters. The Morgan fingerprint density at radius 3 is 2.80 bits per heavy atom. The molecule has 0 aliphatic heterocycles. The quantitative estimate of drug-likeness (QED) is 0.751. The normalized spacial score (nSPS) is 10.5. The molecule has 0 aliphatic rings. The number of hydrogen-bond donors (Lipinski definition) is 2. The van der Waals surface area contributed by atoms with Crippen molar-refractivity contribution in [2.24, 2.45) is 0 Å². The van der Waals surface area contributed by atoms with Gasteiger partial charge in [-0.2, -0.15) is 0 Å². The summed E-state index contributed by atoms with van der Waals surface area (Å²) in [5.74, 6) is 0.787. The summed E-state index contributed by atoms with van der Waals surface area (Å²) in [5.41, 5.74) is 8.45. The van der Waals surface area contributed by atoms with Crippen molar-refractivity contribution in [3.05, 3.63) is 42.4 Å². The van der Waals surface area contributed by atoms with Crippen LogP contribution in [0.15, 0.2) is 41.0 Å². The molecule has 0 radical (unpaired) electrons. The molecule has 1 aromatic carbocycles. The predicted molar refractivity (Wildman–Crippen MR) is 59.3 cm³/mol. The maximum atomic E-state index is 8.76. The number of furan rings is 1. The lowest BCUT2D eigenvalue weighted by atomic mass is 10.1. The lowest BCUT2D eigenvalue weighted by Gasteiger charge is -1.97. The van der Waals surface area contributed by atoms with Crippen LogP contribution in [0.5, 0.6) is 0 Å². The van der Waals surface area contributed by atoms with Crippen LogP contribution in [0.2, 0.25) is 0 Å². The van der Waals surface area contributed by atoms with Gasteiger partial charge >= 0.3 is 0 Å².